The van der Waals surface area contributed by atoms with Crippen molar-refractivity contribution in [1.82, 2.24) is 4.90 Å². The number of aryl methyl sites for hydroxylation is 2. The molecule has 1 fully saturated rings. The van der Waals surface area contributed by atoms with Crippen LogP contribution >= 0.6 is 0 Å². The molecule has 0 bridgehead atoms. The number of unbranched alkanes of at least 4 members (excludes halogenated alkanes) is 2. The number of nitrogens with zero attached hydrogens (tertiary/aromatic N) is 4. The van der Waals surface area contributed by atoms with Crippen LogP contribution in [-0.4, -0.2) is 68.2 Å². The SMILES string of the molecule is C=CCOC12Oc3ccc(Oc4ccc(C)c(C)c4)cc3C3C(CCCCO)C(CCCCO)C=C(C(=NOCc4ccc([N+](=O)[O-])cc4)CC1N(Cc1cccc4ccccc14)C(=O)C=Cc1ccc([N+](=O)[O-])cc1)C32. The number of hydrogen-bond donors (Lipinski definition) is 2. The van der Waals surface area contributed by atoms with Crippen LogP contribution < -0.4 is 9.47 Å². The summed E-state index contributed by atoms with van der Waals surface area (Å²) in [6, 6.07) is 37.0. The van der Waals surface area contributed by atoms with Crippen molar-refractivity contribution in [1.29, 1.82) is 0 Å². The molecule has 0 aromatic heterocycles. The number of fused-ring (bicyclic) bond motifs is 3. The van der Waals surface area contributed by atoms with Crippen LogP contribution in [0.15, 0.2) is 163 Å². The highest BCUT2D eigenvalue weighted by atomic mass is 16.7. The molecule has 6 aromatic rings. The highest BCUT2D eigenvalue weighted by molar-refractivity contribution is 6.03. The molecule has 1 saturated carbocycles. The zero-order valence-corrected chi connectivity index (χ0v) is 43.4. The lowest BCUT2D eigenvalue weighted by atomic mass is 9.55. The first-order chi connectivity index (χ1) is 37.4. The Morgan fingerprint density at radius 1 is 0.831 bits per heavy atom. The Morgan fingerprint density at radius 3 is 2.23 bits per heavy atom. The summed E-state index contributed by atoms with van der Waals surface area (Å²) in [5.41, 5.74) is 6.49. The summed E-state index contributed by atoms with van der Waals surface area (Å²) in [6.07, 6.45) is 11.3. The van der Waals surface area contributed by atoms with E-state index in [1.807, 2.05) is 79.7 Å². The number of rotatable bonds is 23. The van der Waals surface area contributed by atoms with Crippen molar-refractivity contribution in [2.24, 2.45) is 22.9 Å². The number of oxime groups is 1. The van der Waals surface area contributed by atoms with Gasteiger partial charge in [-0.15, -0.1) is 6.58 Å². The molecule has 3 aliphatic rings. The van der Waals surface area contributed by atoms with Gasteiger partial charge in [-0.1, -0.05) is 78.7 Å². The van der Waals surface area contributed by atoms with Gasteiger partial charge in [-0.2, -0.15) is 0 Å². The van der Waals surface area contributed by atoms with Gasteiger partial charge in [0.1, 0.15) is 29.9 Å². The van der Waals surface area contributed by atoms with E-state index in [4.69, 9.17) is 24.2 Å². The molecule has 15 heteroatoms. The van der Waals surface area contributed by atoms with Crippen molar-refractivity contribution >= 4 is 39.8 Å². The quantitative estimate of drug-likeness (QED) is 0.0204. The van der Waals surface area contributed by atoms with E-state index in [0.29, 0.717) is 46.9 Å². The average Bonchev–Trinajstić information content (AvgIpc) is 3.60. The van der Waals surface area contributed by atoms with Crippen molar-refractivity contribution in [3.63, 3.8) is 0 Å². The Kier molecular flexibility index (Phi) is 17.0. The van der Waals surface area contributed by atoms with Crippen molar-refractivity contribution in [3.05, 3.63) is 211 Å². The fraction of sp³-hybridized carbons (Fsp3) is 0.323. The molecule has 77 heavy (non-hydrogen) atoms. The Bertz CT molecular complexity index is 3200. The van der Waals surface area contributed by atoms with Crippen LogP contribution in [0.5, 0.6) is 17.2 Å². The van der Waals surface area contributed by atoms with Gasteiger partial charge in [0.05, 0.1) is 28.1 Å². The average molecular weight is 1040 g/mol. The Hall–Kier alpha value is -7.98. The van der Waals surface area contributed by atoms with Crippen LogP contribution in [0, 0.1) is 51.8 Å². The number of nitro groups is 2. The minimum atomic E-state index is -1.60. The van der Waals surface area contributed by atoms with Gasteiger partial charge in [-0.05, 0) is 156 Å². The summed E-state index contributed by atoms with van der Waals surface area (Å²) in [4.78, 5) is 45.9. The standard InChI is InChI=1S/C62H64N4O11/c1-4-34-74-62-58(64(39-47-15-11-14-45-12-5-6-16-52(45)47)59(69)31-23-43-19-24-48(25-20-43)65(70)71)38-56(63-75-40-44-21-26-49(27-22-44)66(72)73)54-36-46(13-7-9-32-67)53(17-8-10-33-68)60(61(54)62)55-37-51(29-30-57(55)77-62)76-50-28-18-41(2)42(3)35-50/h4-6,11-12,14-16,18-31,35-37,46,53,58,60-61,67-68H,1,7-10,13,17,32-34,38-40H2,2-3H3. The first-order valence-corrected chi connectivity index (χ1v) is 26.3. The van der Waals surface area contributed by atoms with E-state index < -0.39 is 27.6 Å². The van der Waals surface area contributed by atoms with Gasteiger partial charge >= 0.3 is 0 Å². The zero-order valence-electron chi connectivity index (χ0n) is 43.4. The number of allylic oxidation sites excluding steroid dienone is 1. The number of amides is 1. The lowest BCUT2D eigenvalue weighted by molar-refractivity contribution is -0.385. The minimum absolute atomic E-state index is 0.00943. The number of carbonyl (C=O) groups is 1. The van der Waals surface area contributed by atoms with Crippen LogP contribution in [0.2, 0.25) is 0 Å². The van der Waals surface area contributed by atoms with Crippen LogP contribution in [0.25, 0.3) is 16.8 Å². The largest absolute Gasteiger partial charge is 0.459 e. The molecule has 6 aromatic carbocycles. The molecule has 1 heterocycles. The van der Waals surface area contributed by atoms with Crippen LogP contribution in [0.1, 0.15) is 84.2 Å². The highest BCUT2D eigenvalue weighted by Gasteiger charge is 2.65. The van der Waals surface area contributed by atoms with Gasteiger partial charge in [0, 0.05) is 68.0 Å². The summed E-state index contributed by atoms with van der Waals surface area (Å²) in [7, 11) is 0. The fourth-order valence-electron chi connectivity index (χ4n) is 11.4. The lowest BCUT2D eigenvalue weighted by Gasteiger charge is -2.60. The number of hydrogen-bond acceptors (Lipinski definition) is 12. The number of aliphatic hydroxyl groups is 2. The molecule has 1 aliphatic heterocycles. The fourth-order valence-corrected chi connectivity index (χ4v) is 11.4. The van der Waals surface area contributed by atoms with E-state index in [0.717, 1.165) is 64.3 Å². The summed E-state index contributed by atoms with van der Waals surface area (Å²) < 4.78 is 21.5. The summed E-state index contributed by atoms with van der Waals surface area (Å²) in [5, 5.41) is 50.3. The Balaban J connectivity index is 1.26. The van der Waals surface area contributed by atoms with Crippen molar-refractivity contribution in [3.8, 4) is 17.2 Å². The third-order valence-corrected chi connectivity index (χ3v) is 15.3. The van der Waals surface area contributed by atoms with E-state index in [-0.39, 0.29) is 74.4 Å². The lowest BCUT2D eigenvalue weighted by Crippen LogP contribution is -2.70. The predicted molar refractivity (Wildman–Crippen MR) is 295 cm³/mol. The number of benzene rings is 6. The summed E-state index contributed by atoms with van der Waals surface area (Å²) >= 11 is 0. The van der Waals surface area contributed by atoms with Gasteiger partial charge in [-0.25, -0.2) is 0 Å². The van der Waals surface area contributed by atoms with Gasteiger partial charge in [0.25, 0.3) is 11.4 Å². The smallest absolute Gasteiger partial charge is 0.269 e. The number of carbonyl (C=O) groups excluding carboxylic acids is 1. The monoisotopic (exact) mass is 1040 g/mol. The van der Waals surface area contributed by atoms with Gasteiger partial charge in [-0.3, -0.25) is 25.0 Å². The third-order valence-electron chi connectivity index (χ3n) is 15.3. The second-order valence-electron chi connectivity index (χ2n) is 20.1. The number of aliphatic hydroxyl groups excluding tert-OH is 2. The van der Waals surface area contributed by atoms with Crippen LogP contribution in [0.3, 0.4) is 0 Å². The van der Waals surface area contributed by atoms with Gasteiger partial charge < -0.3 is 34.2 Å². The first kappa shape index (κ1) is 53.8. The topological polar surface area (TPSA) is 196 Å². The predicted octanol–water partition coefficient (Wildman–Crippen LogP) is 12.6. The first-order valence-electron chi connectivity index (χ1n) is 26.3. The summed E-state index contributed by atoms with van der Waals surface area (Å²) in [5.74, 6) is -1.23. The molecule has 398 valence electrons. The maximum Gasteiger partial charge on any atom is 0.269 e. The van der Waals surface area contributed by atoms with Crippen molar-refractivity contribution in [2.75, 3.05) is 19.8 Å². The second-order valence-corrected chi connectivity index (χ2v) is 20.1. The zero-order chi connectivity index (χ0) is 54.1. The van der Waals surface area contributed by atoms with E-state index in [1.54, 1.807) is 41.3 Å². The molecule has 2 aliphatic carbocycles. The molecular formula is C62H64N4O11. The molecule has 6 unspecified atom stereocenters. The van der Waals surface area contributed by atoms with E-state index in [1.165, 1.54) is 30.3 Å². The maximum absolute atomic E-state index is 15.6. The Morgan fingerprint density at radius 2 is 1.52 bits per heavy atom. The number of ether oxygens (including phenoxy) is 3. The highest BCUT2D eigenvalue weighted by Crippen LogP contribution is 2.62. The Labute approximate surface area is 448 Å². The molecule has 1 amide bonds. The van der Waals surface area contributed by atoms with Gasteiger partial charge in [0.15, 0.2) is 0 Å². The molecule has 9 rings (SSSR count). The van der Waals surface area contributed by atoms with Crippen LogP contribution in [-0.2, 0) is 27.5 Å². The molecule has 2 N–H and O–H groups in total. The summed E-state index contributed by atoms with van der Waals surface area (Å²) in [6.45, 7) is 8.40. The molecule has 0 spiro atoms. The molecule has 6 atom stereocenters. The van der Waals surface area contributed by atoms with E-state index >= 15 is 4.79 Å². The third kappa shape index (κ3) is 11.9. The van der Waals surface area contributed by atoms with Crippen LogP contribution in [0.4, 0.5) is 11.4 Å². The maximum atomic E-state index is 15.6. The molecule has 15 nitrogen and oxygen atoms in total. The molecule has 0 radical (unpaired) electrons. The normalized spacial score (nSPS) is 20.9. The van der Waals surface area contributed by atoms with Crippen molar-refractivity contribution < 1.29 is 43.9 Å². The van der Waals surface area contributed by atoms with Gasteiger partial charge in [0.2, 0.25) is 11.7 Å². The van der Waals surface area contributed by atoms with Crippen molar-refractivity contribution in [2.45, 2.75) is 89.7 Å². The number of nitro benzene ring substituents is 2. The molecular weight excluding hydrogens is 977 g/mol. The number of non-ortho nitro benzene ring substituents is 2. The minimum Gasteiger partial charge on any atom is -0.459 e. The second kappa shape index (κ2) is 24.3. The van der Waals surface area contributed by atoms with E-state index in [2.05, 4.69) is 25.6 Å². The van der Waals surface area contributed by atoms with E-state index in [9.17, 15) is 30.4 Å². The molecule has 0 saturated heterocycles.